The van der Waals surface area contributed by atoms with Gasteiger partial charge in [-0.05, 0) is 22.6 Å². The minimum atomic E-state index is -0.0650. The van der Waals surface area contributed by atoms with Crippen LogP contribution < -0.4 is 9.88 Å². The second-order valence-corrected chi connectivity index (χ2v) is 10.00. The maximum atomic E-state index is 5.95. The van der Waals surface area contributed by atoms with Crippen LogP contribution >= 0.6 is 0 Å². The molecule has 33 heavy (non-hydrogen) atoms. The van der Waals surface area contributed by atoms with Gasteiger partial charge in [-0.15, -0.1) is 6.58 Å². The molecule has 0 aliphatic carbocycles. The van der Waals surface area contributed by atoms with Crippen LogP contribution in [0.25, 0.3) is 5.57 Å². The molecule has 4 nitrogen and oxygen atoms in total. The van der Waals surface area contributed by atoms with Crippen molar-refractivity contribution in [2.75, 3.05) is 13.3 Å². The summed E-state index contributed by atoms with van der Waals surface area (Å²) in [4.78, 5) is 5.07. The number of rotatable bonds is 3. The van der Waals surface area contributed by atoms with Gasteiger partial charge in [-0.3, -0.25) is 10.3 Å². The zero-order valence-electron chi connectivity index (χ0n) is 19.8. The van der Waals surface area contributed by atoms with Crippen molar-refractivity contribution in [1.29, 1.82) is 0 Å². The summed E-state index contributed by atoms with van der Waals surface area (Å²) in [6.07, 6.45) is 6.06. The first-order valence-electron chi connectivity index (χ1n) is 11.6. The van der Waals surface area contributed by atoms with Crippen molar-refractivity contribution in [1.82, 2.24) is 5.32 Å². The molecule has 0 saturated carbocycles. The maximum Gasteiger partial charge on any atom is 0.217 e. The standard InChI is InChI=1S/C29H32N3O/c1-7-23-20-11-9-10-12-21(20)27(24(8-2)31-23)28-22-16-30-17-33-18(3)26(22)25-15-19(29(4,5)6)13-14-32(25)28/h7-15,24,27-28,30H,1-3,16-17H2,4-6H3/q+1. The highest BCUT2D eigenvalue weighted by Gasteiger charge is 2.49. The number of hydrogen-bond donors (Lipinski definition) is 1. The molecule has 168 valence electrons. The van der Waals surface area contributed by atoms with E-state index >= 15 is 0 Å². The second kappa shape index (κ2) is 7.96. The van der Waals surface area contributed by atoms with Crippen molar-refractivity contribution < 1.29 is 9.30 Å². The third kappa shape index (κ3) is 3.41. The van der Waals surface area contributed by atoms with E-state index in [1.165, 1.54) is 16.7 Å². The van der Waals surface area contributed by atoms with Crippen LogP contribution in [0.4, 0.5) is 0 Å². The Bertz CT molecular complexity index is 1230. The van der Waals surface area contributed by atoms with Gasteiger partial charge in [-0.25, -0.2) is 0 Å². The van der Waals surface area contributed by atoms with E-state index in [0.717, 1.165) is 34.8 Å². The highest BCUT2D eigenvalue weighted by Crippen LogP contribution is 2.47. The molecule has 3 aliphatic heterocycles. The summed E-state index contributed by atoms with van der Waals surface area (Å²) in [7, 11) is 0. The van der Waals surface area contributed by atoms with Crippen molar-refractivity contribution in [2.45, 2.75) is 44.2 Å². The average molecular weight is 439 g/mol. The van der Waals surface area contributed by atoms with Crippen molar-refractivity contribution in [3.8, 4) is 0 Å². The number of nitrogens with zero attached hydrogens (tertiary/aromatic N) is 2. The highest BCUT2D eigenvalue weighted by molar-refractivity contribution is 6.10. The Kier molecular flexibility index (Phi) is 5.21. The Balaban J connectivity index is 1.76. The molecule has 3 atom stereocenters. The molecule has 0 spiro atoms. The van der Waals surface area contributed by atoms with Gasteiger partial charge in [0.05, 0.1) is 23.2 Å². The van der Waals surface area contributed by atoms with E-state index in [9.17, 15) is 0 Å². The SMILES string of the molecule is C=CC1=NC(C=C)C(C2C3=C(C(=C)OCNC3)c3cc(C(C)(C)C)cc[n+]32)c2ccccc21. The molecule has 2 aromatic rings. The van der Waals surface area contributed by atoms with E-state index in [4.69, 9.17) is 9.73 Å². The molecule has 0 bridgehead atoms. The fourth-order valence-electron chi connectivity index (χ4n) is 5.44. The average Bonchev–Trinajstić information content (AvgIpc) is 3.00. The first-order valence-corrected chi connectivity index (χ1v) is 11.6. The first kappa shape index (κ1) is 21.6. The maximum absolute atomic E-state index is 5.95. The summed E-state index contributed by atoms with van der Waals surface area (Å²) in [6.45, 7) is 20.4. The molecule has 5 rings (SSSR count). The molecule has 4 heterocycles. The molecule has 0 radical (unpaired) electrons. The van der Waals surface area contributed by atoms with Gasteiger partial charge in [-0.1, -0.05) is 64.3 Å². The van der Waals surface area contributed by atoms with Crippen LogP contribution in [0.15, 0.2) is 90.8 Å². The molecule has 1 N–H and O–H groups in total. The van der Waals surface area contributed by atoms with Crippen LogP contribution in [-0.4, -0.2) is 25.0 Å². The Morgan fingerprint density at radius 1 is 1.18 bits per heavy atom. The van der Waals surface area contributed by atoms with Crippen LogP contribution in [0.1, 0.15) is 55.1 Å². The number of hydrogen-bond acceptors (Lipinski definition) is 3. The van der Waals surface area contributed by atoms with Crippen molar-refractivity contribution in [2.24, 2.45) is 4.99 Å². The normalized spacial score (nSPS) is 24.2. The smallest absolute Gasteiger partial charge is 0.217 e. The fourth-order valence-corrected chi connectivity index (χ4v) is 5.44. The number of nitrogens with one attached hydrogen (secondary N) is 1. The summed E-state index contributed by atoms with van der Waals surface area (Å²) in [5.74, 6) is 0.832. The monoisotopic (exact) mass is 438 g/mol. The molecule has 3 aliphatic rings. The molecule has 3 unspecified atom stereocenters. The fraction of sp³-hybridized carbons (Fsp3) is 0.310. The first-order chi connectivity index (χ1) is 15.8. The zero-order valence-corrected chi connectivity index (χ0v) is 19.8. The zero-order chi connectivity index (χ0) is 23.3. The van der Waals surface area contributed by atoms with Gasteiger partial charge in [0, 0.05) is 29.8 Å². The third-order valence-corrected chi connectivity index (χ3v) is 7.05. The van der Waals surface area contributed by atoms with E-state index < -0.39 is 0 Å². The lowest BCUT2D eigenvalue weighted by Crippen LogP contribution is -2.47. The second-order valence-electron chi connectivity index (χ2n) is 10.00. The number of benzene rings is 1. The highest BCUT2D eigenvalue weighted by atomic mass is 16.5. The van der Waals surface area contributed by atoms with E-state index in [1.54, 1.807) is 0 Å². The largest absolute Gasteiger partial charge is 0.478 e. The van der Waals surface area contributed by atoms with Crippen LogP contribution in [0.3, 0.4) is 0 Å². The van der Waals surface area contributed by atoms with Gasteiger partial charge in [0.25, 0.3) is 0 Å². The van der Waals surface area contributed by atoms with Gasteiger partial charge >= 0.3 is 0 Å². The molecule has 4 heteroatoms. The van der Waals surface area contributed by atoms with Gasteiger partial charge in [-0.2, -0.15) is 4.57 Å². The quantitative estimate of drug-likeness (QED) is 0.541. The van der Waals surface area contributed by atoms with E-state index in [0.29, 0.717) is 6.73 Å². The predicted octanol–water partition coefficient (Wildman–Crippen LogP) is 5.00. The summed E-state index contributed by atoms with van der Waals surface area (Å²) < 4.78 is 8.35. The van der Waals surface area contributed by atoms with Crippen molar-refractivity contribution in [3.05, 3.63) is 108 Å². The Labute approximate surface area is 196 Å². The number of allylic oxidation sites excluding steroid dienone is 2. The van der Waals surface area contributed by atoms with Crippen molar-refractivity contribution >= 4 is 11.3 Å². The molecule has 0 amide bonds. The lowest BCUT2D eigenvalue weighted by Gasteiger charge is -2.32. The van der Waals surface area contributed by atoms with Crippen LogP contribution in [0, 0.1) is 0 Å². The third-order valence-electron chi connectivity index (χ3n) is 7.05. The summed E-state index contributed by atoms with van der Waals surface area (Å²) in [6, 6.07) is 13.1. The number of aliphatic imine (C=N–C) groups is 1. The Hall–Kier alpha value is -3.24. The van der Waals surface area contributed by atoms with E-state index in [2.05, 4.69) is 93.0 Å². The summed E-state index contributed by atoms with van der Waals surface area (Å²) in [5.41, 5.74) is 8.28. The van der Waals surface area contributed by atoms with Gasteiger partial charge in [0.15, 0.2) is 12.2 Å². The lowest BCUT2D eigenvalue weighted by molar-refractivity contribution is -0.715. The molecule has 1 aromatic heterocycles. The van der Waals surface area contributed by atoms with E-state index in [-0.39, 0.29) is 23.4 Å². The van der Waals surface area contributed by atoms with Gasteiger partial charge < -0.3 is 4.74 Å². The van der Waals surface area contributed by atoms with Crippen LogP contribution in [0.2, 0.25) is 0 Å². The molecular formula is C29H32N3O+. The Morgan fingerprint density at radius 2 is 1.97 bits per heavy atom. The van der Waals surface area contributed by atoms with Crippen molar-refractivity contribution in [3.63, 3.8) is 0 Å². The topological polar surface area (TPSA) is 37.5 Å². The lowest BCUT2D eigenvalue weighted by atomic mass is 9.76. The molecule has 0 saturated heterocycles. The van der Waals surface area contributed by atoms with E-state index in [1.807, 2.05) is 12.2 Å². The van der Waals surface area contributed by atoms with Crippen LogP contribution in [-0.2, 0) is 10.2 Å². The number of pyridine rings is 1. The summed E-state index contributed by atoms with van der Waals surface area (Å²) >= 11 is 0. The molecule has 0 fully saturated rings. The number of fused-ring (bicyclic) bond motifs is 3. The summed E-state index contributed by atoms with van der Waals surface area (Å²) in [5, 5.41) is 3.44. The van der Waals surface area contributed by atoms with Gasteiger partial charge in [0.1, 0.15) is 12.5 Å². The van der Waals surface area contributed by atoms with Gasteiger partial charge in [0.2, 0.25) is 5.69 Å². The van der Waals surface area contributed by atoms with Crippen LogP contribution in [0.5, 0.6) is 0 Å². The molecule has 1 aromatic carbocycles. The predicted molar refractivity (Wildman–Crippen MR) is 134 cm³/mol. The number of ether oxygens (including phenoxy) is 1. The Morgan fingerprint density at radius 3 is 2.70 bits per heavy atom. The molecular weight excluding hydrogens is 406 g/mol. The number of aromatic nitrogens is 1. The minimum absolute atomic E-state index is 0.0455. The minimum Gasteiger partial charge on any atom is -0.478 e.